The number of anilines is 1. The number of nitrogens with two attached hydrogens (primary N) is 1. The molecule has 0 saturated heterocycles. The minimum Gasteiger partial charge on any atom is -0.399 e. The number of rotatable bonds is 3. The van der Waals surface area contributed by atoms with E-state index < -0.39 is 9.84 Å². The number of hydrogen-bond acceptors (Lipinski definition) is 3. The van der Waals surface area contributed by atoms with Crippen molar-refractivity contribution in [3.8, 4) is 0 Å². The summed E-state index contributed by atoms with van der Waals surface area (Å²) in [7, 11) is -3.43. The third-order valence-electron chi connectivity index (χ3n) is 3.15. The van der Waals surface area contributed by atoms with Gasteiger partial charge in [0.05, 0.1) is 10.6 Å². The van der Waals surface area contributed by atoms with Gasteiger partial charge in [0.25, 0.3) is 0 Å². The molecule has 0 heterocycles. The monoisotopic (exact) mass is 309 g/mol. The van der Waals surface area contributed by atoms with Gasteiger partial charge < -0.3 is 5.73 Å². The van der Waals surface area contributed by atoms with E-state index in [1.165, 1.54) is 6.07 Å². The predicted molar refractivity (Wildman–Crippen MR) is 82.7 cm³/mol. The standard InChI is InChI=1S/C15H16ClNO2S/c1-10-3-4-12(14(16)7-10)9-20(18,19)13-5-6-15(17)11(2)8-13/h3-8H,9,17H2,1-2H3. The summed E-state index contributed by atoms with van der Waals surface area (Å²) in [4.78, 5) is 0.265. The van der Waals surface area contributed by atoms with Gasteiger partial charge in [-0.25, -0.2) is 8.42 Å². The lowest BCUT2D eigenvalue weighted by Crippen LogP contribution is -2.06. The second-order valence-corrected chi connectivity index (χ2v) is 7.27. The summed E-state index contributed by atoms with van der Waals surface area (Å²) < 4.78 is 24.8. The lowest BCUT2D eigenvalue weighted by atomic mass is 10.2. The topological polar surface area (TPSA) is 60.2 Å². The third kappa shape index (κ3) is 3.14. The summed E-state index contributed by atoms with van der Waals surface area (Å²) in [5.74, 6) is -0.116. The van der Waals surface area contributed by atoms with E-state index in [1.54, 1.807) is 31.2 Å². The van der Waals surface area contributed by atoms with Gasteiger partial charge in [0.2, 0.25) is 0 Å². The Hall–Kier alpha value is -1.52. The van der Waals surface area contributed by atoms with Gasteiger partial charge in [-0.15, -0.1) is 0 Å². The van der Waals surface area contributed by atoms with Crippen LogP contribution in [0.25, 0.3) is 0 Å². The number of hydrogen-bond donors (Lipinski definition) is 1. The van der Waals surface area contributed by atoms with Crippen LogP contribution in [0.15, 0.2) is 41.3 Å². The van der Waals surface area contributed by atoms with Gasteiger partial charge in [-0.05, 0) is 54.8 Å². The van der Waals surface area contributed by atoms with Gasteiger partial charge >= 0.3 is 0 Å². The highest BCUT2D eigenvalue weighted by atomic mass is 35.5. The van der Waals surface area contributed by atoms with Crippen LogP contribution in [0.2, 0.25) is 5.02 Å². The van der Waals surface area contributed by atoms with Crippen LogP contribution in [0, 0.1) is 13.8 Å². The second-order valence-electron chi connectivity index (χ2n) is 4.87. The largest absolute Gasteiger partial charge is 0.399 e. The summed E-state index contributed by atoms with van der Waals surface area (Å²) in [5.41, 5.74) is 8.64. The van der Waals surface area contributed by atoms with Crippen LogP contribution in [0.4, 0.5) is 5.69 Å². The van der Waals surface area contributed by atoms with E-state index in [9.17, 15) is 8.42 Å². The second kappa shape index (κ2) is 5.46. The van der Waals surface area contributed by atoms with Crippen LogP contribution >= 0.6 is 11.6 Å². The lowest BCUT2D eigenvalue weighted by Gasteiger charge is -2.09. The first-order chi connectivity index (χ1) is 9.29. The smallest absolute Gasteiger partial charge is 0.182 e. The zero-order valence-corrected chi connectivity index (χ0v) is 12.9. The average molecular weight is 310 g/mol. The fraction of sp³-hybridized carbons (Fsp3) is 0.200. The van der Waals surface area contributed by atoms with Crippen molar-refractivity contribution < 1.29 is 8.42 Å². The van der Waals surface area contributed by atoms with Crippen molar-refractivity contribution in [2.45, 2.75) is 24.5 Å². The van der Waals surface area contributed by atoms with Crippen molar-refractivity contribution in [3.05, 3.63) is 58.1 Å². The summed E-state index contributed by atoms with van der Waals surface area (Å²) in [5, 5.41) is 0.473. The Labute approximate surface area is 124 Å². The molecule has 0 atom stereocenters. The van der Waals surface area contributed by atoms with E-state index in [0.717, 1.165) is 11.1 Å². The van der Waals surface area contributed by atoms with Crippen LogP contribution < -0.4 is 5.73 Å². The number of benzene rings is 2. The molecule has 0 bridgehead atoms. The molecular formula is C15H16ClNO2S. The Morgan fingerprint density at radius 1 is 1.10 bits per heavy atom. The van der Waals surface area contributed by atoms with Crippen molar-refractivity contribution >= 4 is 27.1 Å². The molecule has 0 aliphatic carbocycles. The molecule has 0 aliphatic rings. The highest BCUT2D eigenvalue weighted by molar-refractivity contribution is 7.90. The summed E-state index contributed by atoms with van der Waals surface area (Å²) in [6, 6.07) is 10.1. The highest BCUT2D eigenvalue weighted by Crippen LogP contribution is 2.25. The van der Waals surface area contributed by atoms with Crippen molar-refractivity contribution in [3.63, 3.8) is 0 Å². The zero-order chi connectivity index (χ0) is 14.9. The Morgan fingerprint density at radius 3 is 2.40 bits per heavy atom. The average Bonchev–Trinajstić information content (AvgIpc) is 2.36. The first-order valence-corrected chi connectivity index (χ1v) is 8.16. The summed E-state index contributed by atoms with van der Waals surface area (Å²) in [6.07, 6.45) is 0. The third-order valence-corrected chi connectivity index (χ3v) is 5.17. The molecule has 3 nitrogen and oxygen atoms in total. The molecule has 106 valence electrons. The van der Waals surface area contributed by atoms with Crippen molar-refractivity contribution in [1.82, 2.24) is 0 Å². The fourth-order valence-electron chi connectivity index (χ4n) is 1.90. The van der Waals surface area contributed by atoms with E-state index in [-0.39, 0.29) is 10.6 Å². The van der Waals surface area contributed by atoms with Crippen LogP contribution in [0.5, 0.6) is 0 Å². The Kier molecular flexibility index (Phi) is 4.06. The first kappa shape index (κ1) is 14.9. The van der Waals surface area contributed by atoms with Gasteiger partial charge in [-0.3, -0.25) is 0 Å². The minimum atomic E-state index is -3.43. The van der Waals surface area contributed by atoms with Gasteiger partial charge in [-0.1, -0.05) is 23.7 Å². The van der Waals surface area contributed by atoms with Gasteiger partial charge in [0.1, 0.15) is 0 Å². The quantitative estimate of drug-likeness (QED) is 0.883. The van der Waals surface area contributed by atoms with Gasteiger partial charge in [-0.2, -0.15) is 0 Å². The van der Waals surface area contributed by atoms with Crippen LogP contribution in [-0.4, -0.2) is 8.42 Å². The first-order valence-electron chi connectivity index (χ1n) is 6.13. The molecule has 2 aromatic carbocycles. The van der Waals surface area contributed by atoms with Crippen molar-refractivity contribution in [2.24, 2.45) is 0 Å². The van der Waals surface area contributed by atoms with Crippen molar-refractivity contribution in [2.75, 3.05) is 5.73 Å². The van der Waals surface area contributed by atoms with E-state index in [2.05, 4.69) is 0 Å². The normalized spacial score (nSPS) is 11.6. The molecule has 0 aromatic heterocycles. The van der Waals surface area contributed by atoms with E-state index in [0.29, 0.717) is 16.3 Å². The Balaban J connectivity index is 2.38. The van der Waals surface area contributed by atoms with Crippen molar-refractivity contribution in [1.29, 1.82) is 0 Å². The Morgan fingerprint density at radius 2 is 1.80 bits per heavy atom. The maximum Gasteiger partial charge on any atom is 0.182 e. The number of sulfone groups is 1. The van der Waals surface area contributed by atoms with E-state index >= 15 is 0 Å². The van der Waals surface area contributed by atoms with Crippen LogP contribution in [0.1, 0.15) is 16.7 Å². The molecule has 0 saturated carbocycles. The molecule has 0 radical (unpaired) electrons. The number of halogens is 1. The molecule has 5 heteroatoms. The fourth-order valence-corrected chi connectivity index (χ4v) is 3.74. The summed E-state index contributed by atoms with van der Waals surface area (Å²) >= 11 is 6.10. The lowest BCUT2D eigenvalue weighted by molar-refractivity contribution is 0.595. The number of aryl methyl sites for hydroxylation is 2. The molecule has 0 aliphatic heterocycles. The molecule has 20 heavy (non-hydrogen) atoms. The molecule has 0 unspecified atom stereocenters. The Bertz CT molecular complexity index is 754. The molecule has 2 rings (SSSR count). The molecule has 0 spiro atoms. The molecule has 2 N–H and O–H groups in total. The zero-order valence-electron chi connectivity index (χ0n) is 11.4. The summed E-state index contributed by atoms with van der Waals surface area (Å²) in [6.45, 7) is 3.70. The maximum absolute atomic E-state index is 12.4. The molecule has 2 aromatic rings. The molecular weight excluding hydrogens is 294 g/mol. The number of nitrogen functional groups attached to an aromatic ring is 1. The molecule has 0 fully saturated rings. The van der Waals surface area contributed by atoms with Crippen LogP contribution in [-0.2, 0) is 15.6 Å². The highest BCUT2D eigenvalue weighted by Gasteiger charge is 2.17. The van der Waals surface area contributed by atoms with E-state index in [4.69, 9.17) is 17.3 Å². The molecule has 0 amide bonds. The minimum absolute atomic E-state index is 0.116. The van der Waals surface area contributed by atoms with E-state index in [1.807, 2.05) is 13.0 Å². The van der Waals surface area contributed by atoms with Gasteiger partial charge in [0, 0.05) is 10.7 Å². The maximum atomic E-state index is 12.4. The van der Waals surface area contributed by atoms with Gasteiger partial charge in [0.15, 0.2) is 9.84 Å². The predicted octanol–water partition coefficient (Wildman–Crippen LogP) is 3.51. The SMILES string of the molecule is Cc1ccc(CS(=O)(=O)c2ccc(N)c(C)c2)c(Cl)c1. The van der Waals surface area contributed by atoms with Crippen LogP contribution in [0.3, 0.4) is 0 Å².